The first kappa shape index (κ1) is 9.95. The van der Waals surface area contributed by atoms with Gasteiger partial charge in [-0.15, -0.1) is 0 Å². The Labute approximate surface area is 75.1 Å². The number of aliphatic hydroxyl groups is 2. The molecule has 0 aliphatic carbocycles. The van der Waals surface area contributed by atoms with Gasteiger partial charge in [0.1, 0.15) is 11.6 Å². The van der Waals surface area contributed by atoms with Crippen LogP contribution in [0.3, 0.4) is 0 Å². The third-order valence-electron chi connectivity index (χ3n) is 2.03. The minimum Gasteiger partial charge on any atom is -0.507 e. The van der Waals surface area contributed by atoms with E-state index in [4.69, 9.17) is 10.2 Å². The number of hydrogen-bond donors (Lipinski definition) is 3. The number of hydrogen-bond acceptors (Lipinski definition) is 3. The minimum atomic E-state index is -0.536. The molecule has 0 bridgehead atoms. The zero-order valence-corrected chi connectivity index (χ0v) is 7.21. The summed E-state index contributed by atoms with van der Waals surface area (Å²) in [6.45, 7) is 0.570. The molecule has 72 valence electrons. The SMILES string of the molecule is Cc1c(F)cc(CO)c(O)c1CO. The average Bonchev–Trinajstić information content (AvgIpc) is 2.12. The first-order chi connectivity index (χ1) is 6.11. The van der Waals surface area contributed by atoms with E-state index in [0.29, 0.717) is 0 Å². The Morgan fingerprint density at radius 2 is 1.92 bits per heavy atom. The van der Waals surface area contributed by atoms with Gasteiger partial charge in [-0.25, -0.2) is 4.39 Å². The van der Waals surface area contributed by atoms with E-state index >= 15 is 0 Å². The van der Waals surface area contributed by atoms with Crippen molar-refractivity contribution in [3.05, 3.63) is 28.6 Å². The van der Waals surface area contributed by atoms with Gasteiger partial charge in [0.2, 0.25) is 0 Å². The third kappa shape index (κ3) is 1.64. The Balaban J connectivity index is 3.39. The highest BCUT2D eigenvalue weighted by molar-refractivity contribution is 5.45. The molecule has 0 radical (unpaired) electrons. The van der Waals surface area contributed by atoms with Crippen LogP contribution in [0.4, 0.5) is 4.39 Å². The summed E-state index contributed by atoms with van der Waals surface area (Å²) in [6, 6.07) is 1.06. The summed E-state index contributed by atoms with van der Waals surface area (Å²) in [5, 5.41) is 27.0. The first-order valence-corrected chi connectivity index (χ1v) is 3.83. The van der Waals surface area contributed by atoms with E-state index in [9.17, 15) is 9.50 Å². The van der Waals surface area contributed by atoms with Crippen molar-refractivity contribution >= 4 is 0 Å². The number of aromatic hydroxyl groups is 1. The maximum Gasteiger partial charge on any atom is 0.127 e. The molecule has 0 unspecified atom stereocenters. The fraction of sp³-hybridized carbons (Fsp3) is 0.333. The highest BCUT2D eigenvalue weighted by Crippen LogP contribution is 2.27. The van der Waals surface area contributed by atoms with Crippen LogP contribution < -0.4 is 0 Å². The van der Waals surface area contributed by atoms with Gasteiger partial charge in [0, 0.05) is 11.1 Å². The van der Waals surface area contributed by atoms with Crippen molar-refractivity contribution in [1.82, 2.24) is 0 Å². The van der Waals surface area contributed by atoms with Gasteiger partial charge in [0.25, 0.3) is 0 Å². The van der Waals surface area contributed by atoms with Crippen molar-refractivity contribution in [2.24, 2.45) is 0 Å². The smallest absolute Gasteiger partial charge is 0.127 e. The molecule has 1 aromatic carbocycles. The lowest BCUT2D eigenvalue weighted by Crippen LogP contribution is -1.98. The molecular formula is C9H11FO3. The quantitative estimate of drug-likeness (QED) is 0.641. The second-order valence-electron chi connectivity index (χ2n) is 2.79. The Kier molecular flexibility index (Phi) is 2.85. The molecule has 1 aromatic rings. The molecule has 13 heavy (non-hydrogen) atoms. The zero-order valence-electron chi connectivity index (χ0n) is 7.21. The topological polar surface area (TPSA) is 60.7 Å². The molecule has 3 nitrogen and oxygen atoms in total. The summed E-state index contributed by atoms with van der Waals surface area (Å²) in [4.78, 5) is 0. The monoisotopic (exact) mass is 186 g/mol. The Bertz CT molecular complexity index is 323. The molecule has 4 heteroatoms. The van der Waals surface area contributed by atoms with Crippen LogP contribution in [0.2, 0.25) is 0 Å². The second-order valence-corrected chi connectivity index (χ2v) is 2.79. The number of aliphatic hydroxyl groups excluding tert-OH is 2. The summed E-state index contributed by atoms with van der Waals surface area (Å²) >= 11 is 0. The number of benzene rings is 1. The van der Waals surface area contributed by atoms with Crippen LogP contribution in [-0.4, -0.2) is 15.3 Å². The van der Waals surface area contributed by atoms with Gasteiger partial charge in [-0.05, 0) is 18.6 Å². The molecular weight excluding hydrogens is 175 g/mol. The minimum absolute atomic E-state index is 0.0900. The van der Waals surface area contributed by atoms with E-state index in [1.54, 1.807) is 0 Å². The van der Waals surface area contributed by atoms with Crippen LogP contribution >= 0.6 is 0 Å². The van der Waals surface area contributed by atoms with Crippen LogP contribution in [0.25, 0.3) is 0 Å². The highest BCUT2D eigenvalue weighted by Gasteiger charge is 2.13. The molecule has 0 aliphatic heterocycles. The molecule has 0 amide bonds. The standard InChI is InChI=1S/C9H11FO3/c1-5-7(4-12)9(13)6(3-11)2-8(5)10/h2,11-13H,3-4H2,1H3. The van der Waals surface area contributed by atoms with Crippen molar-refractivity contribution in [2.45, 2.75) is 20.1 Å². The van der Waals surface area contributed by atoms with E-state index in [2.05, 4.69) is 0 Å². The second kappa shape index (κ2) is 3.72. The van der Waals surface area contributed by atoms with Gasteiger partial charge in [-0.3, -0.25) is 0 Å². The van der Waals surface area contributed by atoms with Gasteiger partial charge in [0.15, 0.2) is 0 Å². The highest BCUT2D eigenvalue weighted by atomic mass is 19.1. The summed E-state index contributed by atoms with van der Waals surface area (Å²) in [5.41, 5.74) is 0.424. The van der Waals surface area contributed by atoms with Crippen molar-refractivity contribution < 1.29 is 19.7 Å². The van der Waals surface area contributed by atoms with Crippen molar-refractivity contribution in [1.29, 1.82) is 0 Å². The molecule has 0 saturated carbocycles. The van der Waals surface area contributed by atoms with E-state index in [1.807, 2.05) is 0 Å². The van der Waals surface area contributed by atoms with Gasteiger partial charge in [0.05, 0.1) is 13.2 Å². The molecule has 1 rings (SSSR count). The fourth-order valence-corrected chi connectivity index (χ4v) is 1.16. The van der Waals surface area contributed by atoms with E-state index < -0.39 is 19.0 Å². The van der Waals surface area contributed by atoms with Crippen molar-refractivity contribution in [3.63, 3.8) is 0 Å². The van der Waals surface area contributed by atoms with Gasteiger partial charge >= 0.3 is 0 Å². The van der Waals surface area contributed by atoms with Crippen LogP contribution in [0.15, 0.2) is 6.07 Å². The Hall–Kier alpha value is -1.13. The van der Waals surface area contributed by atoms with Crippen LogP contribution in [0, 0.1) is 12.7 Å². The molecule has 0 spiro atoms. The summed E-state index contributed by atoms with van der Waals surface area (Å²) in [7, 11) is 0. The lowest BCUT2D eigenvalue weighted by molar-refractivity contribution is 0.261. The van der Waals surface area contributed by atoms with E-state index in [-0.39, 0.29) is 22.4 Å². The van der Waals surface area contributed by atoms with E-state index in [0.717, 1.165) is 6.07 Å². The van der Waals surface area contributed by atoms with Crippen LogP contribution in [-0.2, 0) is 13.2 Å². The van der Waals surface area contributed by atoms with E-state index in [1.165, 1.54) is 6.92 Å². The fourth-order valence-electron chi connectivity index (χ4n) is 1.16. The van der Waals surface area contributed by atoms with Crippen LogP contribution in [0.5, 0.6) is 5.75 Å². The third-order valence-corrected chi connectivity index (χ3v) is 2.03. The predicted molar refractivity (Wildman–Crippen MR) is 44.6 cm³/mol. The van der Waals surface area contributed by atoms with Crippen molar-refractivity contribution in [3.8, 4) is 5.75 Å². The molecule has 0 aliphatic rings. The number of halogens is 1. The number of phenols is 1. The maximum absolute atomic E-state index is 13.1. The van der Waals surface area contributed by atoms with Gasteiger partial charge in [-0.1, -0.05) is 0 Å². The molecule has 0 aromatic heterocycles. The summed E-state index contributed by atoms with van der Waals surface area (Å²) in [5.74, 6) is -0.769. The number of rotatable bonds is 2. The normalized spacial score (nSPS) is 10.5. The molecule has 0 fully saturated rings. The molecule has 0 heterocycles. The van der Waals surface area contributed by atoms with Gasteiger partial charge in [-0.2, -0.15) is 0 Å². The molecule has 3 N–H and O–H groups in total. The molecule has 0 saturated heterocycles. The summed E-state index contributed by atoms with van der Waals surface area (Å²) in [6.07, 6.45) is 0. The Morgan fingerprint density at radius 3 is 2.38 bits per heavy atom. The predicted octanol–water partition coefficient (Wildman–Crippen LogP) is 0.824. The Morgan fingerprint density at radius 1 is 1.31 bits per heavy atom. The lowest BCUT2D eigenvalue weighted by atomic mass is 10.0. The maximum atomic E-state index is 13.1. The lowest BCUT2D eigenvalue weighted by Gasteiger charge is -2.10. The van der Waals surface area contributed by atoms with Gasteiger partial charge < -0.3 is 15.3 Å². The molecule has 0 atom stereocenters. The zero-order chi connectivity index (χ0) is 10.0. The van der Waals surface area contributed by atoms with Crippen LogP contribution in [0.1, 0.15) is 16.7 Å². The first-order valence-electron chi connectivity index (χ1n) is 3.83. The average molecular weight is 186 g/mol. The summed E-state index contributed by atoms with van der Waals surface area (Å²) < 4.78 is 13.1. The van der Waals surface area contributed by atoms with Crippen molar-refractivity contribution in [2.75, 3.05) is 0 Å². The largest absolute Gasteiger partial charge is 0.507 e.